The second-order valence-corrected chi connectivity index (χ2v) is 1.46. The van der Waals surface area contributed by atoms with E-state index in [1.165, 1.54) is 0 Å². The lowest BCUT2D eigenvalue weighted by molar-refractivity contribution is 0.270. The molecule has 0 amide bonds. The number of hydrogen-bond donors (Lipinski definition) is 2. The molecule has 2 N–H and O–H groups in total. The number of rotatable bonds is 1. The number of aliphatic hydroxyl groups is 1. The van der Waals surface area contributed by atoms with Crippen LogP contribution in [0.3, 0.4) is 0 Å². The van der Waals surface area contributed by atoms with Crippen molar-refractivity contribution in [2.45, 2.75) is 6.61 Å². The van der Waals surface area contributed by atoms with Gasteiger partial charge in [0.1, 0.15) is 0 Å². The summed E-state index contributed by atoms with van der Waals surface area (Å²) >= 11 is 0. The summed E-state index contributed by atoms with van der Waals surface area (Å²) in [6, 6.07) is 0. The lowest BCUT2D eigenvalue weighted by atomic mass is 10.5. The van der Waals surface area contributed by atoms with Gasteiger partial charge < -0.3 is 10.1 Å². The lowest BCUT2D eigenvalue weighted by Gasteiger charge is -1.83. The Morgan fingerprint density at radius 2 is 2.22 bits per heavy atom. The monoisotopic (exact) mass is 134 g/mol. The number of aromatic amines is 1. The summed E-state index contributed by atoms with van der Waals surface area (Å²) in [5.41, 5.74) is -0.229. The first-order valence-corrected chi connectivity index (χ1v) is 2.24. The number of nitrogens with one attached hydrogen (secondary N) is 1. The van der Waals surface area contributed by atoms with Gasteiger partial charge in [0.25, 0.3) is 6.08 Å². The molecule has 0 aliphatic carbocycles. The molecule has 0 radical (unpaired) electrons. The van der Waals surface area contributed by atoms with E-state index in [1.54, 1.807) is 0 Å². The van der Waals surface area contributed by atoms with Crippen LogP contribution in [0.15, 0.2) is 0 Å². The van der Waals surface area contributed by atoms with Gasteiger partial charge in [-0.15, -0.1) is 0 Å². The molecule has 0 aliphatic heterocycles. The van der Waals surface area contributed by atoms with E-state index >= 15 is 0 Å². The minimum absolute atomic E-state index is 0.229. The van der Waals surface area contributed by atoms with Crippen molar-refractivity contribution in [3.05, 3.63) is 17.7 Å². The summed E-state index contributed by atoms with van der Waals surface area (Å²) in [6.45, 7) is -0.567. The molecule has 0 spiro atoms. The maximum atomic E-state index is 12.1. The highest BCUT2D eigenvalue weighted by Crippen LogP contribution is 2.01. The molecule has 3 nitrogen and oxygen atoms in total. The van der Waals surface area contributed by atoms with Crippen LogP contribution in [-0.4, -0.2) is 15.1 Å². The predicted molar refractivity (Wildman–Crippen MR) is 24.4 cm³/mol. The molecule has 0 saturated heterocycles. The zero-order chi connectivity index (χ0) is 6.85. The van der Waals surface area contributed by atoms with E-state index in [0.717, 1.165) is 0 Å². The van der Waals surface area contributed by atoms with E-state index in [9.17, 15) is 8.78 Å². The van der Waals surface area contributed by atoms with Gasteiger partial charge in [-0.05, 0) is 0 Å². The number of H-pyrrole nitrogens is 1. The van der Waals surface area contributed by atoms with Crippen LogP contribution < -0.4 is 0 Å². The van der Waals surface area contributed by atoms with Gasteiger partial charge in [-0.1, -0.05) is 0 Å². The van der Waals surface area contributed by atoms with Crippen molar-refractivity contribution >= 4 is 0 Å². The number of aliphatic hydroxyl groups excluding tert-OH is 1. The minimum Gasteiger partial charge on any atom is -0.390 e. The van der Waals surface area contributed by atoms with Crippen molar-refractivity contribution in [1.29, 1.82) is 0 Å². The third-order valence-corrected chi connectivity index (χ3v) is 0.857. The van der Waals surface area contributed by atoms with Crippen LogP contribution in [0.5, 0.6) is 0 Å². The third-order valence-electron chi connectivity index (χ3n) is 0.857. The van der Waals surface area contributed by atoms with Crippen molar-refractivity contribution in [2.75, 3.05) is 0 Å². The fourth-order valence-electron chi connectivity index (χ4n) is 0.462. The molecule has 0 aliphatic rings. The van der Waals surface area contributed by atoms with Gasteiger partial charge in [-0.2, -0.15) is 13.8 Å². The highest BCUT2D eigenvalue weighted by Gasteiger charge is 2.06. The van der Waals surface area contributed by atoms with Crippen molar-refractivity contribution in [2.24, 2.45) is 0 Å². The molecule has 0 atom stereocenters. The molecular formula is C4H4F2N2O. The largest absolute Gasteiger partial charge is 0.390 e. The summed E-state index contributed by atoms with van der Waals surface area (Å²) in [4.78, 5) is 4.62. The molecule has 0 aromatic carbocycles. The van der Waals surface area contributed by atoms with Crippen molar-refractivity contribution in [3.63, 3.8) is 0 Å². The second-order valence-electron chi connectivity index (χ2n) is 1.46. The smallest absolute Gasteiger partial charge is 0.289 e. The molecule has 0 fully saturated rings. The molecule has 1 heterocycles. The van der Waals surface area contributed by atoms with Gasteiger partial charge >= 0.3 is 0 Å². The van der Waals surface area contributed by atoms with E-state index in [1.807, 2.05) is 4.98 Å². The molecule has 0 bridgehead atoms. The van der Waals surface area contributed by atoms with Crippen LogP contribution in [0.25, 0.3) is 0 Å². The third kappa shape index (κ3) is 1.05. The summed E-state index contributed by atoms with van der Waals surface area (Å²) in [7, 11) is 0. The van der Waals surface area contributed by atoms with Gasteiger partial charge in [0.2, 0.25) is 5.95 Å². The Kier molecular flexibility index (Phi) is 1.44. The molecule has 0 saturated carbocycles. The van der Waals surface area contributed by atoms with Crippen LogP contribution in [0.1, 0.15) is 5.69 Å². The van der Waals surface area contributed by atoms with Gasteiger partial charge in [0.05, 0.1) is 12.3 Å². The molecular weight excluding hydrogens is 130 g/mol. The lowest BCUT2D eigenvalue weighted by Crippen LogP contribution is -1.85. The Hall–Kier alpha value is -0.970. The average Bonchev–Trinajstić information content (AvgIpc) is 2.10. The summed E-state index contributed by atoms with van der Waals surface area (Å²) in [5.74, 6) is -0.991. The Balaban J connectivity index is 3.01. The second kappa shape index (κ2) is 2.10. The van der Waals surface area contributed by atoms with Crippen LogP contribution in [0.4, 0.5) is 8.78 Å². The molecule has 50 valence electrons. The number of halogens is 2. The Bertz CT molecular complexity index is 210. The van der Waals surface area contributed by atoms with E-state index in [4.69, 9.17) is 5.11 Å². The van der Waals surface area contributed by atoms with Gasteiger partial charge in [0, 0.05) is 0 Å². The minimum atomic E-state index is -1.02. The van der Waals surface area contributed by atoms with Gasteiger partial charge in [0.15, 0.2) is 0 Å². The number of aromatic nitrogens is 2. The highest BCUT2D eigenvalue weighted by atomic mass is 19.1. The SMILES string of the molecule is OCc1[nH]c(F)nc1F. The summed E-state index contributed by atoms with van der Waals surface area (Å²) < 4.78 is 23.9. The zero-order valence-electron chi connectivity index (χ0n) is 4.36. The fourth-order valence-corrected chi connectivity index (χ4v) is 0.462. The number of imidazole rings is 1. The Morgan fingerprint density at radius 1 is 1.56 bits per heavy atom. The van der Waals surface area contributed by atoms with Crippen LogP contribution in [0.2, 0.25) is 0 Å². The molecule has 0 unspecified atom stereocenters. The molecule has 9 heavy (non-hydrogen) atoms. The summed E-state index contributed by atoms with van der Waals surface area (Å²) in [6.07, 6.45) is -1.02. The van der Waals surface area contributed by atoms with Gasteiger partial charge in [-0.25, -0.2) is 0 Å². The zero-order valence-corrected chi connectivity index (χ0v) is 4.36. The van der Waals surface area contributed by atoms with E-state index < -0.39 is 18.6 Å². The molecule has 1 aromatic heterocycles. The van der Waals surface area contributed by atoms with E-state index in [-0.39, 0.29) is 5.69 Å². The first-order valence-electron chi connectivity index (χ1n) is 2.24. The maximum absolute atomic E-state index is 12.1. The van der Waals surface area contributed by atoms with Gasteiger partial charge in [-0.3, -0.25) is 0 Å². The average molecular weight is 134 g/mol. The quantitative estimate of drug-likeness (QED) is 0.575. The maximum Gasteiger partial charge on any atom is 0.289 e. The number of hydrogen-bond acceptors (Lipinski definition) is 2. The fraction of sp³-hybridized carbons (Fsp3) is 0.250. The van der Waals surface area contributed by atoms with Crippen molar-refractivity contribution in [3.8, 4) is 0 Å². The molecule has 1 rings (SSSR count). The summed E-state index contributed by atoms with van der Waals surface area (Å²) in [5, 5.41) is 8.25. The van der Waals surface area contributed by atoms with Crippen LogP contribution >= 0.6 is 0 Å². The first kappa shape index (κ1) is 6.15. The van der Waals surface area contributed by atoms with Crippen molar-refractivity contribution < 1.29 is 13.9 Å². The Labute approximate surface area is 49.4 Å². The Morgan fingerprint density at radius 3 is 2.44 bits per heavy atom. The standard InChI is InChI=1S/C4H4F2N2O/c5-3-2(1-9)7-4(6)8-3/h9H,1H2,(H,7,8). The highest BCUT2D eigenvalue weighted by molar-refractivity contribution is 4.95. The van der Waals surface area contributed by atoms with Crippen LogP contribution in [-0.2, 0) is 6.61 Å². The van der Waals surface area contributed by atoms with E-state index in [0.29, 0.717) is 0 Å². The topological polar surface area (TPSA) is 48.9 Å². The molecule has 5 heteroatoms. The van der Waals surface area contributed by atoms with E-state index in [2.05, 4.69) is 4.98 Å². The van der Waals surface area contributed by atoms with Crippen molar-refractivity contribution in [1.82, 2.24) is 9.97 Å². The predicted octanol–water partition coefficient (Wildman–Crippen LogP) is 0.180. The first-order chi connectivity index (χ1) is 4.24. The normalized spacial score (nSPS) is 10.1. The van der Waals surface area contributed by atoms with Crippen LogP contribution in [0, 0.1) is 12.0 Å². The number of nitrogens with zero attached hydrogens (tertiary/aromatic N) is 1. The molecule has 1 aromatic rings.